The van der Waals surface area contributed by atoms with Gasteiger partial charge in [-0.15, -0.1) is 0 Å². The third kappa shape index (κ3) is 3.02. The van der Waals surface area contributed by atoms with Gasteiger partial charge in [0, 0.05) is 30.3 Å². The van der Waals surface area contributed by atoms with Crippen LogP contribution in [-0.4, -0.2) is 23.2 Å². The second-order valence-corrected chi connectivity index (χ2v) is 8.78. The van der Waals surface area contributed by atoms with Crippen molar-refractivity contribution in [2.45, 2.75) is 11.8 Å². The predicted octanol–water partition coefficient (Wildman–Crippen LogP) is 4.49. The van der Waals surface area contributed by atoms with E-state index in [2.05, 4.69) is 9.82 Å². The highest BCUT2D eigenvalue weighted by Gasteiger charge is 2.21. The Morgan fingerprint density at radius 3 is 2.57 bits per heavy atom. The van der Waals surface area contributed by atoms with Gasteiger partial charge in [0.05, 0.1) is 17.3 Å². The lowest BCUT2D eigenvalue weighted by Crippen LogP contribution is -2.13. The Balaban J connectivity index is 1.75. The second-order valence-electron chi connectivity index (χ2n) is 7.10. The summed E-state index contributed by atoms with van der Waals surface area (Å²) in [5.74, 6) is 0.184. The molecule has 0 saturated carbocycles. The molecule has 3 aromatic heterocycles. The third-order valence-electron chi connectivity index (χ3n) is 4.99. The van der Waals surface area contributed by atoms with Gasteiger partial charge < -0.3 is 4.42 Å². The number of hydrogen-bond donors (Lipinski definition) is 1. The van der Waals surface area contributed by atoms with Gasteiger partial charge in [0.2, 0.25) is 0 Å². The number of nitrogens with one attached hydrogen (secondary N) is 1. The summed E-state index contributed by atoms with van der Waals surface area (Å²) in [6, 6.07) is 17.2. The van der Waals surface area contributed by atoms with Crippen molar-refractivity contribution in [3.63, 3.8) is 0 Å². The van der Waals surface area contributed by atoms with E-state index in [-0.39, 0.29) is 10.7 Å². The maximum atomic E-state index is 12.8. The van der Waals surface area contributed by atoms with Crippen molar-refractivity contribution in [3.05, 3.63) is 72.6 Å². The lowest BCUT2D eigenvalue weighted by molar-refractivity contribution is 0.601. The minimum Gasteiger partial charge on any atom is -0.456 e. The van der Waals surface area contributed by atoms with Gasteiger partial charge in [-0.1, -0.05) is 42.5 Å². The van der Waals surface area contributed by atoms with Crippen molar-refractivity contribution in [1.29, 1.82) is 0 Å². The van der Waals surface area contributed by atoms with E-state index in [0.29, 0.717) is 11.3 Å². The molecule has 0 aliphatic carbocycles. The Bertz CT molecular complexity index is 1520. The molecule has 30 heavy (non-hydrogen) atoms. The molecule has 1 N–H and O–H groups in total. The van der Waals surface area contributed by atoms with Crippen molar-refractivity contribution in [2.24, 2.45) is 7.05 Å². The first kappa shape index (κ1) is 18.4. The number of aromatic nitrogens is 3. The van der Waals surface area contributed by atoms with Crippen LogP contribution in [0.4, 0.5) is 5.82 Å². The standard InChI is InChI=1S/C22H18N4O3S/c1-14-7-3-4-8-16(14)22-21-17-9-5-6-10-18(17)29-19(21)11-20(24-22)25-30(27,28)15-12-23-26(2)13-15/h3-13H,1-2H3,(H,24,25). The lowest BCUT2D eigenvalue weighted by Gasteiger charge is -2.11. The summed E-state index contributed by atoms with van der Waals surface area (Å²) < 4.78 is 35.6. The first-order valence-electron chi connectivity index (χ1n) is 9.32. The van der Waals surface area contributed by atoms with E-state index in [1.165, 1.54) is 17.1 Å². The van der Waals surface area contributed by atoms with Gasteiger partial charge in [-0.2, -0.15) is 5.10 Å². The monoisotopic (exact) mass is 418 g/mol. The number of pyridine rings is 1. The first-order chi connectivity index (χ1) is 14.4. The Morgan fingerprint density at radius 1 is 1.03 bits per heavy atom. The molecular formula is C22H18N4O3S. The zero-order chi connectivity index (χ0) is 20.9. The minimum atomic E-state index is -3.84. The number of rotatable bonds is 4. The molecule has 0 aliphatic heterocycles. The zero-order valence-electron chi connectivity index (χ0n) is 16.3. The fraction of sp³-hybridized carbons (Fsp3) is 0.0909. The summed E-state index contributed by atoms with van der Waals surface area (Å²) in [6.07, 6.45) is 2.73. The Kier molecular flexibility index (Phi) is 4.11. The highest BCUT2D eigenvalue weighted by molar-refractivity contribution is 7.92. The zero-order valence-corrected chi connectivity index (χ0v) is 17.1. The Labute approximate surface area is 173 Å². The number of furan rings is 1. The Morgan fingerprint density at radius 2 is 1.80 bits per heavy atom. The maximum Gasteiger partial charge on any atom is 0.266 e. The molecule has 7 nitrogen and oxygen atoms in total. The topological polar surface area (TPSA) is 90.0 Å². The second kappa shape index (κ2) is 6.70. The number of nitrogens with zero attached hydrogens (tertiary/aromatic N) is 3. The van der Waals surface area contributed by atoms with Crippen LogP contribution in [0.1, 0.15) is 5.56 Å². The van der Waals surface area contributed by atoms with Gasteiger partial charge in [-0.3, -0.25) is 9.40 Å². The van der Waals surface area contributed by atoms with E-state index in [0.717, 1.165) is 27.5 Å². The molecule has 3 heterocycles. The molecule has 2 aromatic carbocycles. The summed E-state index contributed by atoms with van der Waals surface area (Å²) in [7, 11) is -2.18. The van der Waals surface area contributed by atoms with E-state index >= 15 is 0 Å². The average molecular weight is 418 g/mol. The molecule has 0 spiro atoms. The van der Waals surface area contributed by atoms with Gasteiger partial charge in [-0.25, -0.2) is 13.4 Å². The molecule has 0 radical (unpaired) electrons. The normalized spacial score (nSPS) is 11.9. The van der Waals surface area contributed by atoms with Gasteiger partial charge in [0.1, 0.15) is 21.9 Å². The van der Waals surface area contributed by atoms with Crippen LogP contribution in [0, 0.1) is 6.92 Å². The average Bonchev–Trinajstić information content (AvgIpc) is 3.31. The molecule has 0 atom stereocenters. The molecule has 5 aromatic rings. The van der Waals surface area contributed by atoms with Crippen LogP contribution in [-0.2, 0) is 17.1 Å². The van der Waals surface area contributed by atoms with Gasteiger partial charge in [0.25, 0.3) is 10.0 Å². The lowest BCUT2D eigenvalue weighted by atomic mass is 10.0. The van der Waals surface area contributed by atoms with Crippen molar-refractivity contribution < 1.29 is 12.8 Å². The molecule has 0 unspecified atom stereocenters. The SMILES string of the molecule is Cc1ccccc1-c1nc(NS(=O)(=O)c2cnn(C)c2)cc2oc3ccccc3c12. The molecule has 8 heteroatoms. The van der Waals surface area contributed by atoms with E-state index < -0.39 is 10.0 Å². The molecule has 5 rings (SSSR count). The van der Waals surface area contributed by atoms with Crippen molar-refractivity contribution >= 4 is 37.8 Å². The number of aryl methyl sites for hydroxylation is 2. The van der Waals surface area contributed by atoms with Gasteiger partial charge in [-0.05, 0) is 18.6 Å². The van der Waals surface area contributed by atoms with Crippen LogP contribution in [0.2, 0.25) is 0 Å². The summed E-state index contributed by atoms with van der Waals surface area (Å²) in [5.41, 5.74) is 3.89. The summed E-state index contributed by atoms with van der Waals surface area (Å²) in [6.45, 7) is 2.00. The number of anilines is 1. The molecule has 0 amide bonds. The maximum absolute atomic E-state index is 12.8. The summed E-state index contributed by atoms with van der Waals surface area (Å²) in [4.78, 5) is 4.76. The van der Waals surface area contributed by atoms with Crippen LogP contribution in [0.3, 0.4) is 0 Å². The molecule has 0 aliphatic rings. The van der Waals surface area contributed by atoms with Crippen LogP contribution in [0.15, 0.2) is 76.3 Å². The minimum absolute atomic E-state index is 0.0638. The van der Waals surface area contributed by atoms with E-state index in [9.17, 15) is 8.42 Å². The van der Waals surface area contributed by atoms with E-state index in [1.54, 1.807) is 13.1 Å². The van der Waals surface area contributed by atoms with Crippen molar-refractivity contribution in [1.82, 2.24) is 14.8 Å². The van der Waals surface area contributed by atoms with Crippen molar-refractivity contribution in [2.75, 3.05) is 4.72 Å². The summed E-state index contributed by atoms with van der Waals surface area (Å²) >= 11 is 0. The van der Waals surface area contributed by atoms with Gasteiger partial charge >= 0.3 is 0 Å². The number of hydrogen-bond acceptors (Lipinski definition) is 5. The van der Waals surface area contributed by atoms with Gasteiger partial charge in [0.15, 0.2) is 0 Å². The Hall–Kier alpha value is -3.65. The highest BCUT2D eigenvalue weighted by Crippen LogP contribution is 2.38. The molecule has 0 saturated heterocycles. The highest BCUT2D eigenvalue weighted by atomic mass is 32.2. The quantitative estimate of drug-likeness (QED) is 0.464. The van der Waals surface area contributed by atoms with Crippen molar-refractivity contribution in [3.8, 4) is 11.3 Å². The smallest absolute Gasteiger partial charge is 0.266 e. The largest absolute Gasteiger partial charge is 0.456 e. The number of benzene rings is 2. The van der Waals surface area contributed by atoms with E-state index in [4.69, 9.17) is 9.40 Å². The van der Waals surface area contributed by atoms with Crippen LogP contribution >= 0.6 is 0 Å². The molecule has 150 valence electrons. The van der Waals surface area contributed by atoms with Crippen LogP contribution in [0.5, 0.6) is 0 Å². The van der Waals surface area contributed by atoms with Crippen LogP contribution < -0.4 is 4.72 Å². The molecule has 0 fully saturated rings. The third-order valence-corrected chi connectivity index (χ3v) is 6.30. The number of fused-ring (bicyclic) bond motifs is 3. The fourth-order valence-corrected chi connectivity index (χ4v) is 4.54. The van der Waals surface area contributed by atoms with Crippen LogP contribution in [0.25, 0.3) is 33.2 Å². The van der Waals surface area contributed by atoms with E-state index in [1.807, 2.05) is 55.5 Å². The first-order valence-corrected chi connectivity index (χ1v) is 10.8. The number of sulfonamides is 1. The fourth-order valence-electron chi connectivity index (χ4n) is 3.56. The predicted molar refractivity (Wildman–Crippen MR) is 116 cm³/mol. The number of para-hydroxylation sites is 1. The molecular weight excluding hydrogens is 400 g/mol. The molecule has 0 bridgehead atoms. The summed E-state index contributed by atoms with van der Waals surface area (Å²) in [5, 5.41) is 5.72.